The Bertz CT molecular complexity index is 531. The molecule has 122 valence electrons. The van der Waals surface area contributed by atoms with Gasteiger partial charge in [-0.25, -0.2) is 4.79 Å². The maximum absolute atomic E-state index is 12.1. The number of nitrogens with one attached hydrogen (secondary N) is 1. The Kier molecular flexibility index (Phi) is 7.45. The highest BCUT2D eigenvalue weighted by atomic mass is 32.2. The predicted octanol–water partition coefficient (Wildman–Crippen LogP) is 3.10. The molecule has 0 unspecified atom stereocenters. The van der Waals surface area contributed by atoms with E-state index in [-0.39, 0.29) is 23.5 Å². The number of thioether (sulfide) groups is 1. The van der Waals surface area contributed by atoms with Crippen LogP contribution in [0.25, 0.3) is 0 Å². The van der Waals surface area contributed by atoms with Gasteiger partial charge >= 0.3 is 5.97 Å². The van der Waals surface area contributed by atoms with Crippen molar-refractivity contribution in [3.8, 4) is 0 Å². The van der Waals surface area contributed by atoms with Crippen LogP contribution in [-0.4, -0.2) is 30.8 Å². The molecule has 1 amide bonds. The largest absolute Gasteiger partial charge is 0.467 e. The molecule has 0 spiro atoms. The van der Waals surface area contributed by atoms with Crippen LogP contribution < -0.4 is 5.32 Å². The van der Waals surface area contributed by atoms with E-state index in [0.717, 1.165) is 16.9 Å². The SMILES string of the molecule is CC[C@H](C)[C@H](NC(=O)CSc1cc(C)ccc1C)C(=O)OC. The van der Waals surface area contributed by atoms with E-state index < -0.39 is 6.04 Å². The van der Waals surface area contributed by atoms with E-state index in [1.807, 2.05) is 33.8 Å². The Morgan fingerprint density at radius 1 is 1.32 bits per heavy atom. The Morgan fingerprint density at radius 3 is 2.59 bits per heavy atom. The van der Waals surface area contributed by atoms with Gasteiger partial charge in [-0.15, -0.1) is 11.8 Å². The van der Waals surface area contributed by atoms with E-state index >= 15 is 0 Å². The van der Waals surface area contributed by atoms with E-state index in [0.29, 0.717) is 0 Å². The van der Waals surface area contributed by atoms with Crippen LogP contribution in [0.4, 0.5) is 0 Å². The highest BCUT2D eigenvalue weighted by Gasteiger charge is 2.26. The molecule has 1 N–H and O–H groups in total. The molecule has 0 aliphatic heterocycles. The number of ether oxygens (including phenoxy) is 1. The molecule has 0 aromatic heterocycles. The average molecular weight is 323 g/mol. The summed E-state index contributed by atoms with van der Waals surface area (Å²) in [4.78, 5) is 25.0. The fraction of sp³-hybridized carbons (Fsp3) is 0.529. The van der Waals surface area contributed by atoms with Crippen molar-refractivity contribution in [1.29, 1.82) is 0 Å². The Labute approximate surface area is 137 Å². The molecule has 1 aromatic carbocycles. The minimum Gasteiger partial charge on any atom is -0.467 e. The second-order valence-electron chi connectivity index (χ2n) is 5.51. The van der Waals surface area contributed by atoms with Gasteiger partial charge in [0.2, 0.25) is 5.91 Å². The van der Waals surface area contributed by atoms with Gasteiger partial charge in [-0.05, 0) is 31.4 Å². The first kappa shape index (κ1) is 18.6. The van der Waals surface area contributed by atoms with Gasteiger partial charge in [0.05, 0.1) is 12.9 Å². The van der Waals surface area contributed by atoms with Gasteiger partial charge in [-0.3, -0.25) is 4.79 Å². The summed E-state index contributed by atoms with van der Waals surface area (Å²) in [6.07, 6.45) is 0.796. The molecule has 0 bridgehead atoms. The van der Waals surface area contributed by atoms with Crippen molar-refractivity contribution < 1.29 is 14.3 Å². The van der Waals surface area contributed by atoms with Crippen molar-refractivity contribution >= 4 is 23.6 Å². The quantitative estimate of drug-likeness (QED) is 0.619. The zero-order valence-electron chi connectivity index (χ0n) is 13.9. The molecule has 0 heterocycles. The fourth-order valence-corrected chi connectivity index (χ4v) is 2.95. The summed E-state index contributed by atoms with van der Waals surface area (Å²) in [5, 5.41) is 2.79. The molecule has 4 nitrogen and oxygen atoms in total. The minimum atomic E-state index is -0.582. The number of amides is 1. The lowest BCUT2D eigenvalue weighted by molar-refractivity contribution is -0.146. The average Bonchev–Trinajstić information content (AvgIpc) is 2.51. The highest BCUT2D eigenvalue weighted by Crippen LogP contribution is 2.23. The van der Waals surface area contributed by atoms with Gasteiger partial charge in [0, 0.05) is 4.90 Å². The van der Waals surface area contributed by atoms with Crippen molar-refractivity contribution in [3.63, 3.8) is 0 Å². The fourth-order valence-electron chi connectivity index (χ4n) is 2.02. The number of methoxy groups -OCH3 is 1. The molecule has 0 saturated heterocycles. The Hall–Kier alpha value is -1.49. The van der Waals surface area contributed by atoms with E-state index in [1.54, 1.807) is 0 Å². The van der Waals surface area contributed by atoms with Crippen molar-refractivity contribution in [2.45, 2.75) is 45.1 Å². The van der Waals surface area contributed by atoms with Crippen LogP contribution in [-0.2, 0) is 14.3 Å². The van der Waals surface area contributed by atoms with Crippen LogP contribution in [0.5, 0.6) is 0 Å². The molecule has 1 rings (SSSR count). The molecular weight excluding hydrogens is 298 g/mol. The van der Waals surface area contributed by atoms with Crippen molar-refractivity contribution in [3.05, 3.63) is 29.3 Å². The number of aryl methyl sites for hydroxylation is 2. The van der Waals surface area contributed by atoms with E-state index in [9.17, 15) is 9.59 Å². The lowest BCUT2D eigenvalue weighted by atomic mass is 9.99. The molecule has 0 aliphatic carbocycles. The van der Waals surface area contributed by atoms with E-state index in [2.05, 4.69) is 17.4 Å². The monoisotopic (exact) mass is 323 g/mol. The lowest BCUT2D eigenvalue weighted by Gasteiger charge is -2.21. The molecule has 2 atom stereocenters. The number of carbonyl (C=O) groups excluding carboxylic acids is 2. The third-order valence-electron chi connectivity index (χ3n) is 3.69. The smallest absolute Gasteiger partial charge is 0.328 e. The Morgan fingerprint density at radius 2 is 2.00 bits per heavy atom. The normalized spacial score (nSPS) is 13.3. The number of hydrogen-bond donors (Lipinski definition) is 1. The topological polar surface area (TPSA) is 55.4 Å². The zero-order valence-corrected chi connectivity index (χ0v) is 14.8. The van der Waals surface area contributed by atoms with Crippen molar-refractivity contribution in [1.82, 2.24) is 5.32 Å². The van der Waals surface area contributed by atoms with Crippen LogP contribution in [0.3, 0.4) is 0 Å². The van der Waals surface area contributed by atoms with Crippen LogP contribution >= 0.6 is 11.8 Å². The second kappa shape index (κ2) is 8.83. The van der Waals surface area contributed by atoms with Crippen LogP contribution in [0.2, 0.25) is 0 Å². The summed E-state index contributed by atoms with van der Waals surface area (Å²) in [5.74, 6) is -0.211. The Balaban J connectivity index is 2.64. The van der Waals surface area contributed by atoms with Gasteiger partial charge in [0.15, 0.2) is 0 Å². The first-order chi connectivity index (χ1) is 10.4. The number of esters is 1. The van der Waals surface area contributed by atoms with Crippen molar-refractivity contribution in [2.75, 3.05) is 12.9 Å². The van der Waals surface area contributed by atoms with Crippen LogP contribution in [0.15, 0.2) is 23.1 Å². The third-order valence-corrected chi connectivity index (χ3v) is 4.84. The molecular formula is C17H25NO3S. The summed E-state index contributed by atoms with van der Waals surface area (Å²) in [6.45, 7) is 7.97. The molecule has 0 saturated carbocycles. The minimum absolute atomic E-state index is 0.0436. The van der Waals surface area contributed by atoms with Gasteiger partial charge in [-0.1, -0.05) is 38.0 Å². The van der Waals surface area contributed by atoms with Crippen molar-refractivity contribution in [2.24, 2.45) is 5.92 Å². The van der Waals surface area contributed by atoms with Gasteiger partial charge in [-0.2, -0.15) is 0 Å². The maximum atomic E-state index is 12.1. The summed E-state index contributed by atoms with van der Waals surface area (Å²) in [6, 6.07) is 5.59. The lowest BCUT2D eigenvalue weighted by Crippen LogP contribution is -2.46. The first-order valence-corrected chi connectivity index (χ1v) is 8.44. The number of hydrogen-bond acceptors (Lipinski definition) is 4. The molecule has 0 radical (unpaired) electrons. The molecule has 1 aromatic rings. The van der Waals surface area contributed by atoms with Crippen LogP contribution in [0, 0.1) is 19.8 Å². The summed E-state index contributed by atoms with van der Waals surface area (Å²) in [7, 11) is 1.34. The summed E-state index contributed by atoms with van der Waals surface area (Å²) < 4.78 is 4.77. The summed E-state index contributed by atoms with van der Waals surface area (Å²) >= 11 is 1.49. The molecule has 0 fully saturated rings. The van der Waals surface area contributed by atoms with Gasteiger partial charge < -0.3 is 10.1 Å². The van der Waals surface area contributed by atoms with Gasteiger partial charge in [0.1, 0.15) is 6.04 Å². The number of carbonyl (C=O) groups is 2. The standard InChI is InChI=1S/C17H25NO3S/c1-6-12(3)16(17(20)21-5)18-15(19)10-22-14-9-11(2)7-8-13(14)4/h7-9,12,16H,6,10H2,1-5H3,(H,18,19)/t12-,16-/m0/s1. The third kappa shape index (κ3) is 5.37. The summed E-state index contributed by atoms with van der Waals surface area (Å²) in [5.41, 5.74) is 2.32. The molecule has 22 heavy (non-hydrogen) atoms. The zero-order chi connectivity index (χ0) is 16.7. The van der Waals surface area contributed by atoms with E-state index in [1.165, 1.54) is 24.4 Å². The number of rotatable bonds is 7. The van der Waals surface area contributed by atoms with E-state index in [4.69, 9.17) is 4.74 Å². The predicted molar refractivity (Wildman–Crippen MR) is 90.0 cm³/mol. The molecule has 0 aliphatic rings. The second-order valence-corrected chi connectivity index (χ2v) is 6.53. The van der Waals surface area contributed by atoms with Crippen LogP contribution in [0.1, 0.15) is 31.4 Å². The highest BCUT2D eigenvalue weighted by molar-refractivity contribution is 8.00. The first-order valence-electron chi connectivity index (χ1n) is 7.46. The maximum Gasteiger partial charge on any atom is 0.328 e. The number of benzene rings is 1. The molecule has 5 heteroatoms. The van der Waals surface area contributed by atoms with Gasteiger partial charge in [0.25, 0.3) is 0 Å².